The summed E-state index contributed by atoms with van der Waals surface area (Å²) in [5, 5.41) is 1.34. The highest BCUT2D eigenvalue weighted by molar-refractivity contribution is 6.31. The third-order valence-electron chi connectivity index (χ3n) is 3.09. The molecule has 0 saturated heterocycles. The normalized spacial score (nSPS) is 10.6. The van der Waals surface area contributed by atoms with Crippen LogP contribution in [0.2, 0.25) is 10.0 Å². The summed E-state index contributed by atoms with van der Waals surface area (Å²) in [6.45, 7) is 2.13. The maximum absolute atomic E-state index is 11.4. The molecule has 0 atom stereocenters. The van der Waals surface area contributed by atoms with Crippen molar-refractivity contribution in [3.8, 4) is 0 Å². The zero-order chi connectivity index (χ0) is 16.7. The van der Waals surface area contributed by atoms with Gasteiger partial charge in [0.1, 0.15) is 0 Å². The van der Waals surface area contributed by atoms with Gasteiger partial charge < -0.3 is 4.74 Å². The molecular formula is C19H16Cl2O2. The van der Waals surface area contributed by atoms with Gasteiger partial charge in [-0.1, -0.05) is 59.6 Å². The summed E-state index contributed by atoms with van der Waals surface area (Å²) in [6.07, 6.45) is 4.94. The molecule has 0 N–H and O–H groups in total. The zero-order valence-corrected chi connectivity index (χ0v) is 14.1. The average molecular weight is 347 g/mol. The first-order chi connectivity index (χ1) is 11.1. The van der Waals surface area contributed by atoms with E-state index in [0.717, 1.165) is 16.7 Å². The molecule has 0 unspecified atom stereocenters. The van der Waals surface area contributed by atoms with Gasteiger partial charge in [-0.3, -0.25) is 0 Å². The number of carbonyl (C=O) groups is 1. The Morgan fingerprint density at radius 3 is 1.87 bits per heavy atom. The lowest BCUT2D eigenvalue weighted by Gasteiger charge is -2.08. The summed E-state index contributed by atoms with van der Waals surface area (Å²) in [4.78, 5) is 11.4. The summed E-state index contributed by atoms with van der Waals surface area (Å²) in [5.74, 6) is -0.365. The second-order valence-electron chi connectivity index (χ2n) is 4.71. The Bertz CT molecular complexity index is 667. The lowest BCUT2D eigenvalue weighted by molar-refractivity contribution is -0.137. The van der Waals surface area contributed by atoms with Crippen LogP contribution in [-0.2, 0) is 9.53 Å². The molecule has 2 aromatic carbocycles. The molecule has 0 saturated carbocycles. The van der Waals surface area contributed by atoms with E-state index in [0.29, 0.717) is 16.7 Å². The summed E-state index contributed by atoms with van der Waals surface area (Å²) >= 11 is 11.9. The second kappa shape index (κ2) is 8.56. The Labute approximate surface area is 146 Å². The second-order valence-corrected chi connectivity index (χ2v) is 5.58. The lowest BCUT2D eigenvalue weighted by atomic mass is 9.97. The van der Waals surface area contributed by atoms with E-state index in [9.17, 15) is 4.79 Å². The molecule has 2 aromatic rings. The van der Waals surface area contributed by atoms with E-state index >= 15 is 0 Å². The molecule has 0 fully saturated rings. The van der Waals surface area contributed by atoms with Gasteiger partial charge in [-0.25, -0.2) is 4.79 Å². The van der Waals surface area contributed by atoms with Gasteiger partial charge in [-0.2, -0.15) is 0 Å². The van der Waals surface area contributed by atoms with Crippen molar-refractivity contribution >= 4 is 34.7 Å². The van der Waals surface area contributed by atoms with Crippen LogP contribution >= 0.6 is 23.2 Å². The van der Waals surface area contributed by atoms with Crippen molar-refractivity contribution in [3.63, 3.8) is 0 Å². The molecule has 4 heteroatoms. The number of ether oxygens (including phenoxy) is 1. The van der Waals surface area contributed by atoms with Gasteiger partial charge in [-0.05, 0) is 47.9 Å². The number of hydrogen-bond acceptors (Lipinski definition) is 2. The number of hydrogen-bond donors (Lipinski definition) is 0. The molecule has 0 heterocycles. The van der Waals surface area contributed by atoms with E-state index in [1.807, 2.05) is 54.6 Å². The van der Waals surface area contributed by atoms with E-state index in [4.69, 9.17) is 27.9 Å². The average Bonchev–Trinajstić information content (AvgIpc) is 2.54. The van der Waals surface area contributed by atoms with Crippen LogP contribution in [0, 0.1) is 0 Å². The molecule has 0 radical (unpaired) electrons. The number of allylic oxidation sites excluding steroid dienone is 2. The minimum absolute atomic E-state index is 0.355. The molecule has 0 aliphatic heterocycles. The Kier molecular flexibility index (Phi) is 6.45. The van der Waals surface area contributed by atoms with Crippen LogP contribution in [0.4, 0.5) is 0 Å². The van der Waals surface area contributed by atoms with E-state index in [1.165, 1.54) is 6.08 Å². The standard InChI is InChI=1S/C19H16Cl2O2/c1-2-23-19(22)5-3-4-18(14-6-10-16(20)11-7-14)15-8-12-17(21)13-9-15/h3-13H,2H2,1H3. The zero-order valence-electron chi connectivity index (χ0n) is 12.6. The van der Waals surface area contributed by atoms with Gasteiger partial charge >= 0.3 is 5.97 Å². The van der Waals surface area contributed by atoms with Crippen LogP contribution in [0.3, 0.4) is 0 Å². The van der Waals surface area contributed by atoms with Crippen molar-refractivity contribution in [1.29, 1.82) is 0 Å². The first-order valence-electron chi connectivity index (χ1n) is 7.17. The fourth-order valence-electron chi connectivity index (χ4n) is 2.03. The number of rotatable bonds is 5. The SMILES string of the molecule is CCOC(=O)C=CC=C(c1ccc(Cl)cc1)c1ccc(Cl)cc1. The maximum atomic E-state index is 11.4. The van der Waals surface area contributed by atoms with Gasteiger partial charge in [0.15, 0.2) is 0 Å². The van der Waals surface area contributed by atoms with E-state index in [-0.39, 0.29) is 5.97 Å². The Morgan fingerprint density at radius 2 is 1.43 bits per heavy atom. The topological polar surface area (TPSA) is 26.3 Å². The Balaban J connectivity index is 2.36. The number of benzene rings is 2. The van der Waals surface area contributed by atoms with Crippen LogP contribution in [0.5, 0.6) is 0 Å². The summed E-state index contributed by atoms with van der Waals surface area (Å²) < 4.78 is 4.88. The van der Waals surface area contributed by atoms with Crippen LogP contribution in [0.15, 0.2) is 66.8 Å². The van der Waals surface area contributed by atoms with Gasteiger partial charge in [0.05, 0.1) is 6.61 Å². The maximum Gasteiger partial charge on any atom is 0.330 e. The molecular weight excluding hydrogens is 331 g/mol. The van der Waals surface area contributed by atoms with Crippen molar-refractivity contribution in [2.24, 2.45) is 0 Å². The van der Waals surface area contributed by atoms with Crippen LogP contribution in [-0.4, -0.2) is 12.6 Å². The monoisotopic (exact) mass is 346 g/mol. The van der Waals surface area contributed by atoms with Crippen LogP contribution in [0.1, 0.15) is 18.1 Å². The fraction of sp³-hybridized carbons (Fsp3) is 0.105. The van der Waals surface area contributed by atoms with Gasteiger partial charge in [0.2, 0.25) is 0 Å². The summed E-state index contributed by atoms with van der Waals surface area (Å²) in [7, 11) is 0. The molecule has 0 bridgehead atoms. The van der Waals surface area contributed by atoms with Crippen LogP contribution < -0.4 is 0 Å². The highest BCUT2D eigenvalue weighted by Crippen LogP contribution is 2.26. The number of esters is 1. The number of carbonyl (C=O) groups excluding carboxylic acids is 1. The molecule has 2 nitrogen and oxygen atoms in total. The number of halogens is 2. The molecule has 2 rings (SSSR count). The largest absolute Gasteiger partial charge is 0.463 e. The lowest BCUT2D eigenvalue weighted by Crippen LogP contribution is -1.98. The highest BCUT2D eigenvalue weighted by atomic mass is 35.5. The highest BCUT2D eigenvalue weighted by Gasteiger charge is 2.05. The Morgan fingerprint density at radius 1 is 0.957 bits per heavy atom. The van der Waals surface area contributed by atoms with Crippen molar-refractivity contribution in [2.75, 3.05) is 6.61 Å². The predicted molar refractivity (Wildman–Crippen MR) is 95.8 cm³/mol. The third kappa shape index (κ3) is 5.27. The van der Waals surface area contributed by atoms with Crippen molar-refractivity contribution < 1.29 is 9.53 Å². The Hall–Kier alpha value is -2.03. The van der Waals surface area contributed by atoms with E-state index < -0.39 is 0 Å². The van der Waals surface area contributed by atoms with Gasteiger partial charge in [0.25, 0.3) is 0 Å². The summed E-state index contributed by atoms with van der Waals surface area (Å²) in [5.41, 5.74) is 2.94. The molecule has 0 spiro atoms. The van der Waals surface area contributed by atoms with Gasteiger partial charge in [0, 0.05) is 16.1 Å². The smallest absolute Gasteiger partial charge is 0.330 e. The van der Waals surface area contributed by atoms with Gasteiger partial charge in [-0.15, -0.1) is 0 Å². The minimum Gasteiger partial charge on any atom is -0.463 e. The van der Waals surface area contributed by atoms with Crippen LogP contribution in [0.25, 0.3) is 5.57 Å². The fourth-order valence-corrected chi connectivity index (χ4v) is 2.28. The molecule has 0 aromatic heterocycles. The van der Waals surface area contributed by atoms with E-state index in [2.05, 4.69) is 0 Å². The first kappa shape index (κ1) is 17.3. The predicted octanol–water partition coefficient (Wildman–Crippen LogP) is 5.54. The molecule has 0 aliphatic carbocycles. The third-order valence-corrected chi connectivity index (χ3v) is 3.60. The first-order valence-corrected chi connectivity index (χ1v) is 7.92. The minimum atomic E-state index is -0.365. The van der Waals surface area contributed by atoms with Crippen molar-refractivity contribution in [1.82, 2.24) is 0 Å². The molecule has 23 heavy (non-hydrogen) atoms. The molecule has 0 amide bonds. The van der Waals surface area contributed by atoms with E-state index in [1.54, 1.807) is 13.0 Å². The quantitative estimate of drug-likeness (QED) is 0.403. The summed E-state index contributed by atoms with van der Waals surface area (Å²) in [6, 6.07) is 15.0. The molecule has 118 valence electrons. The van der Waals surface area contributed by atoms with Crippen molar-refractivity contribution in [2.45, 2.75) is 6.92 Å². The molecule has 0 aliphatic rings. The van der Waals surface area contributed by atoms with Crippen molar-refractivity contribution in [3.05, 3.63) is 87.9 Å².